The fourth-order valence-corrected chi connectivity index (χ4v) is 5.61. The summed E-state index contributed by atoms with van der Waals surface area (Å²) in [5.74, 6) is -0.886. The molecule has 0 aliphatic carbocycles. The molecule has 2 aliphatic heterocycles. The Morgan fingerprint density at radius 2 is 1.38 bits per heavy atom. The fraction of sp³-hybridized carbons (Fsp3) is 0.344. The monoisotopic (exact) mass is 525 g/mol. The smallest absolute Gasteiger partial charge is 0.308 e. The van der Waals surface area contributed by atoms with E-state index >= 15 is 0 Å². The largest absolute Gasteiger partial charge is 0.461 e. The maximum atomic E-state index is 13.8. The number of rotatable bonds is 9. The molecule has 1 spiro atoms. The topological polar surface area (TPSA) is 79.0 Å². The summed E-state index contributed by atoms with van der Waals surface area (Å²) in [7, 11) is 0. The molecule has 3 aromatic carbocycles. The first kappa shape index (κ1) is 26.6. The molecule has 7 heteroatoms. The lowest BCUT2D eigenvalue weighted by Crippen LogP contribution is -2.73. The Morgan fingerprint density at radius 3 is 2.00 bits per heavy atom. The van der Waals surface area contributed by atoms with Crippen molar-refractivity contribution in [3.8, 4) is 0 Å². The number of benzene rings is 3. The lowest BCUT2D eigenvalue weighted by molar-refractivity contribution is -0.163. The second kappa shape index (κ2) is 12.3. The molecule has 2 fully saturated rings. The summed E-state index contributed by atoms with van der Waals surface area (Å²) < 4.78 is 5.42. The van der Waals surface area contributed by atoms with E-state index in [0.29, 0.717) is 38.9 Å². The summed E-state index contributed by atoms with van der Waals surface area (Å²) in [5, 5.41) is 2.90. The Hall–Kier alpha value is -3.97. The van der Waals surface area contributed by atoms with Gasteiger partial charge >= 0.3 is 5.97 Å². The maximum absolute atomic E-state index is 13.8. The van der Waals surface area contributed by atoms with E-state index in [2.05, 4.69) is 22.3 Å². The quantitative estimate of drug-likeness (QED) is 0.431. The van der Waals surface area contributed by atoms with Gasteiger partial charge in [0.1, 0.15) is 18.2 Å². The van der Waals surface area contributed by atoms with Crippen LogP contribution in [0.3, 0.4) is 0 Å². The van der Waals surface area contributed by atoms with E-state index in [4.69, 9.17) is 4.74 Å². The number of esters is 1. The third kappa shape index (κ3) is 6.37. The molecule has 7 nitrogen and oxygen atoms in total. The molecule has 1 atom stereocenters. The van der Waals surface area contributed by atoms with Crippen molar-refractivity contribution in [2.24, 2.45) is 0 Å². The molecule has 1 N–H and O–H groups in total. The number of piperidine rings is 1. The highest BCUT2D eigenvalue weighted by Crippen LogP contribution is 2.34. The van der Waals surface area contributed by atoms with E-state index in [9.17, 15) is 14.4 Å². The van der Waals surface area contributed by atoms with Crippen LogP contribution in [0.25, 0.3) is 0 Å². The van der Waals surface area contributed by atoms with Crippen molar-refractivity contribution < 1.29 is 19.1 Å². The third-order valence-corrected chi connectivity index (χ3v) is 7.82. The normalized spacial score (nSPS) is 19.1. The van der Waals surface area contributed by atoms with E-state index in [-0.39, 0.29) is 24.8 Å². The Morgan fingerprint density at radius 1 is 0.821 bits per heavy atom. The summed E-state index contributed by atoms with van der Waals surface area (Å²) in [6.45, 7) is 2.78. The van der Waals surface area contributed by atoms with Gasteiger partial charge < -0.3 is 15.0 Å². The first-order chi connectivity index (χ1) is 19.0. The number of amides is 2. The van der Waals surface area contributed by atoms with Crippen LogP contribution in [-0.2, 0) is 38.7 Å². The molecule has 2 saturated heterocycles. The maximum Gasteiger partial charge on any atom is 0.308 e. The molecule has 0 aromatic heterocycles. The van der Waals surface area contributed by atoms with Crippen molar-refractivity contribution in [1.29, 1.82) is 0 Å². The van der Waals surface area contributed by atoms with Gasteiger partial charge in [-0.25, -0.2) is 0 Å². The van der Waals surface area contributed by atoms with Crippen LogP contribution in [-0.4, -0.2) is 58.8 Å². The minimum Gasteiger partial charge on any atom is -0.461 e. The number of carbonyl (C=O) groups is 3. The number of likely N-dealkylation sites (tertiary alicyclic amines) is 1. The predicted molar refractivity (Wildman–Crippen MR) is 148 cm³/mol. The van der Waals surface area contributed by atoms with E-state index < -0.39 is 17.6 Å². The average molecular weight is 526 g/mol. The molecular formula is C32H35N3O4. The Labute approximate surface area is 229 Å². The van der Waals surface area contributed by atoms with Gasteiger partial charge in [0, 0.05) is 26.2 Å². The van der Waals surface area contributed by atoms with E-state index in [1.165, 1.54) is 5.56 Å². The number of piperazine rings is 1. The molecule has 2 heterocycles. The Balaban J connectivity index is 1.28. The zero-order chi connectivity index (χ0) is 27.1. The SMILES string of the molecule is O=C(CC1NC(=O)C2(CCN(Cc3ccccc3)CC2)N(CCc2ccccc2)C1=O)OCc1ccccc1. The lowest BCUT2D eigenvalue weighted by atomic mass is 9.81. The second-order valence-corrected chi connectivity index (χ2v) is 10.4. The van der Waals surface area contributed by atoms with E-state index in [1.54, 1.807) is 4.90 Å². The number of ether oxygens (including phenoxy) is 1. The van der Waals surface area contributed by atoms with Gasteiger partial charge in [-0.15, -0.1) is 0 Å². The summed E-state index contributed by atoms with van der Waals surface area (Å²) in [5.41, 5.74) is 2.29. The minimum atomic E-state index is -0.926. The fourth-order valence-electron chi connectivity index (χ4n) is 5.61. The Kier molecular flexibility index (Phi) is 8.37. The predicted octanol–water partition coefficient (Wildman–Crippen LogP) is 3.72. The number of nitrogens with zero attached hydrogens (tertiary/aromatic N) is 2. The van der Waals surface area contributed by atoms with Gasteiger partial charge in [-0.1, -0.05) is 91.0 Å². The first-order valence-corrected chi connectivity index (χ1v) is 13.7. The summed E-state index contributed by atoms with van der Waals surface area (Å²) in [4.78, 5) is 44.3. The van der Waals surface area contributed by atoms with E-state index in [0.717, 1.165) is 17.7 Å². The molecule has 39 heavy (non-hydrogen) atoms. The number of nitrogens with one attached hydrogen (secondary N) is 1. The molecule has 5 rings (SSSR count). The highest BCUT2D eigenvalue weighted by molar-refractivity contribution is 6.01. The van der Waals surface area contributed by atoms with Gasteiger partial charge in [0.15, 0.2) is 0 Å². The van der Waals surface area contributed by atoms with Gasteiger partial charge in [-0.3, -0.25) is 19.3 Å². The molecule has 2 amide bonds. The molecule has 1 unspecified atom stereocenters. The molecular weight excluding hydrogens is 490 g/mol. The van der Waals surface area contributed by atoms with Crippen molar-refractivity contribution >= 4 is 17.8 Å². The average Bonchev–Trinajstić information content (AvgIpc) is 2.97. The van der Waals surface area contributed by atoms with Crippen LogP contribution in [0.15, 0.2) is 91.0 Å². The minimum absolute atomic E-state index is 0.132. The van der Waals surface area contributed by atoms with Gasteiger partial charge in [0.05, 0.1) is 6.42 Å². The van der Waals surface area contributed by atoms with Crippen molar-refractivity contribution in [3.05, 3.63) is 108 Å². The van der Waals surface area contributed by atoms with Crippen LogP contribution >= 0.6 is 0 Å². The van der Waals surface area contributed by atoms with Crippen molar-refractivity contribution in [2.75, 3.05) is 19.6 Å². The summed E-state index contributed by atoms with van der Waals surface area (Å²) in [6.07, 6.45) is 1.56. The van der Waals surface area contributed by atoms with Crippen LogP contribution in [0.5, 0.6) is 0 Å². The van der Waals surface area contributed by atoms with Crippen LogP contribution in [0.2, 0.25) is 0 Å². The van der Waals surface area contributed by atoms with Crippen LogP contribution in [0.4, 0.5) is 0 Å². The zero-order valence-corrected chi connectivity index (χ0v) is 22.1. The number of hydrogen-bond donors (Lipinski definition) is 1. The van der Waals surface area contributed by atoms with Gasteiger partial charge in [0.2, 0.25) is 11.8 Å². The molecule has 2 aliphatic rings. The van der Waals surface area contributed by atoms with Crippen molar-refractivity contribution in [2.45, 2.75) is 50.4 Å². The van der Waals surface area contributed by atoms with Crippen molar-refractivity contribution in [3.63, 3.8) is 0 Å². The number of hydrogen-bond acceptors (Lipinski definition) is 5. The highest BCUT2D eigenvalue weighted by Gasteiger charge is 2.53. The van der Waals surface area contributed by atoms with Crippen molar-refractivity contribution in [1.82, 2.24) is 15.1 Å². The van der Waals surface area contributed by atoms with Gasteiger partial charge in [0.25, 0.3) is 0 Å². The molecule has 3 aromatic rings. The van der Waals surface area contributed by atoms with Gasteiger partial charge in [-0.2, -0.15) is 0 Å². The lowest BCUT2D eigenvalue weighted by Gasteiger charge is -2.51. The highest BCUT2D eigenvalue weighted by atomic mass is 16.5. The van der Waals surface area contributed by atoms with Crippen LogP contribution in [0.1, 0.15) is 36.0 Å². The zero-order valence-electron chi connectivity index (χ0n) is 22.1. The summed E-state index contributed by atoms with van der Waals surface area (Å²) in [6, 6.07) is 28.7. The van der Waals surface area contributed by atoms with E-state index in [1.807, 2.05) is 78.9 Å². The molecule has 0 bridgehead atoms. The molecule has 202 valence electrons. The molecule has 0 radical (unpaired) electrons. The van der Waals surface area contributed by atoms with Crippen LogP contribution in [0, 0.1) is 0 Å². The van der Waals surface area contributed by atoms with Gasteiger partial charge in [-0.05, 0) is 36.0 Å². The first-order valence-electron chi connectivity index (χ1n) is 13.7. The molecule has 0 saturated carbocycles. The standard InChI is InChI=1S/C32H35N3O4/c36-29(39-24-27-14-8-3-9-15-27)22-28-30(37)35(19-16-25-10-4-1-5-11-25)32(31(38)33-28)17-20-34(21-18-32)23-26-12-6-2-7-13-26/h1-15,28H,16-24H2,(H,33,38). The Bertz CT molecular complexity index is 1260. The summed E-state index contributed by atoms with van der Waals surface area (Å²) >= 11 is 0. The van der Waals surface area contributed by atoms with Crippen LogP contribution < -0.4 is 5.32 Å². The number of carbonyl (C=O) groups excluding carboxylic acids is 3. The third-order valence-electron chi connectivity index (χ3n) is 7.82. The second-order valence-electron chi connectivity index (χ2n) is 10.4.